The molecule has 0 saturated carbocycles. The first-order chi connectivity index (χ1) is 13.8. The molecule has 150 valence electrons. The fourth-order valence-corrected chi connectivity index (χ4v) is 3.97. The number of amides is 1. The van der Waals surface area contributed by atoms with Crippen molar-refractivity contribution in [1.29, 1.82) is 0 Å². The SMILES string of the molecule is O=C(c1ccc2cc(OCCCC3CCCNC3)ccc2n1)N1CCOCC1. The second kappa shape index (κ2) is 9.34. The third kappa shape index (κ3) is 4.80. The van der Waals surface area contributed by atoms with Gasteiger partial charge in [0.2, 0.25) is 0 Å². The van der Waals surface area contributed by atoms with E-state index in [4.69, 9.17) is 9.47 Å². The van der Waals surface area contributed by atoms with Gasteiger partial charge < -0.3 is 19.7 Å². The van der Waals surface area contributed by atoms with Crippen LogP contribution in [-0.2, 0) is 4.74 Å². The lowest BCUT2D eigenvalue weighted by Gasteiger charge is -2.26. The second-order valence-corrected chi connectivity index (χ2v) is 7.66. The van der Waals surface area contributed by atoms with Crippen molar-refractivity contribution in [3.8, 4) is 5.75 Å². The van der Waals surface area contributed by atoms with Crippen LogP contribution in [0.3, 0.4) is 0 Å². The van der Waals surface area contributed by atoms with Crippen LogP contribution in [0, 0.1) is 5.92 Å². The Balaban J connectivity index is 1.33. The minimum atomic E-state index is -0.0253. The molecule has 2 saturated heterocycles. The molecule has 4 rings (SSSR count). The highest BCUT2D eigenvalue weighted by molar-refractivity contribution is 5.95. The van der Waals surface area contributed by atoms with Crippen molar-refractivity contribution in [2.75, 3.05) is 46.0 Å². The maximum atomic E-state index is 12.6. The summed E-state index contributed by atoms with van der Waals surface area (Å²) in [6.45, 7) is 5.49. The fraction of sp³-hybridized carbons (Fsp3) is 0.545. The summed E-state index contributed by atoms with van der Waals surface area (Å²) < 4.78 is 11.3. The predicted molar refractivity (Wildman–Crippen MR) is 109 cm³/mol. The lowest BCUT2D eigenvalue weighted by Crippen LogP contribution is -2.41. The Kier molecular flexibility index (Phi) is 6.39. The Labute approximate surface area is 166 Å². The number of benzene rings is 1. The molecule has 2 fully saturated rings. The van der Waals surface area contributed by atoms with Crippen molar-refractivity contribution < 1.29 is 14.3 Å². The van der Waals surface area contributed by atoms with Gasteiger partial charge in [-0.15, -0.1) is 0 Å². The molecule has 6 nitrogen and oxygen atoms in total. The van der Waals surface area contributed by atoms with Crippen LogP contribution < -0.4 is 10.1 Å². The molecular weight excluding hydrogens is 354 g/mol. The van der Waals surface area contributed by atoms with Crippen LogP contribution in [0.25, 0.3) is 10.9 Å². The first-order valence-electron chi connectivity index (χ1n) is 10.4. The zero-order valence-electron chi connectivity index (χ0n) is 16.4. The van der Waals surface area contributed by atoms with Crippen molar-refractivity contribution in [1.82, 2.24) is 15.2 Å². The fourth-order valence-electron chi connectivity index (χ4n) is 3.97. The highest BCUT2D eigenvalue weighted by atomic mass is 16.5. The Morgan fingerprint density at radius 3 is 2.96 bits per heavy atom. The van der Waals surface area contributed by atoms with Crippen molar-refractivity contribution in [3.63, 3.8) is 0 Å². The van der Waals surface area contributed by atoms with Crippen molar-refractivity contribution in [3.05, 3.63) is 36.0 Å². The first kappa shape index (κ1) is 19.2. The molecule has 2 aliphatic heterocycles. The molecule has 28 heavy (non-hydrogen) atoms. The van der Waals surface area contributed by atoms with Gasteiger partial charge in [0.1, 0.15) is 11.4 Å². The summed E-state index contributed by atoms with van der Waals surface area (Å²) in [4.78, 5) is 19.0. The molecule has 6 heteroatoms. The standard InChI is InChI=1S/C22H29N3O3/c26-22(25-10-13-27-14-11-25)21-7-5-18-15-19(6-8-20(18)24-21)28-12-2-4-17-3-1-9-23-16-17/h5-8,15,17,23H,1-4,9-14,16H2. The van der Waals surface area contributed by atoms with Crippen LogP contribution in [0.5, 0.6) is 5.75 Å². The van der Waals surface area contributed by atoms with Crippen molar-refractivity contribution in [2.45, 2.75) is 25.7 Å². The van der Waals surface area contributed by atoms with Gasteiger partial charge in [0.25, 0.3) is 5.91 Å². The minimum Gasteiger partial charge on any atom is -0.494 e. The number of piperidine rings is 1. The number of carbonyl (C=O) groups excluding carboxylic acids is 1. The third-order valence-corrected chi connectivity index (χ3v) is 5.60. The van der Waals surface area contributed by atoms with Crippen LogP contribution in [0.2, 0.25) is 0 Å². The van der Waals surface area contributed by atoms with E-state index in [1.54, 1.807) is 11.0 Å². The summed E-state index contributed by atoms with van der Waals surface area (Å²) in [7, 11) is 0. The number of nitrogens with one attached hydrogen (secondary N) is 1. The van der Waals surface area contributed by atoms with Crippen LogP contribution in [0.15, 0.2) is 30.3 Å². The topological polar surface area (TPSA) is 63.7 Å². The number of hydrogen-bond acceptors (Lipinski definition) is 5. The van der Waals surface area contributed by atoms with Gasteiger partial charge in [0, 0.05) is 18.5 Å². The molecule has 1 unspecified atom stereocenters. The van der Waals surface area contributed by atoms with Crippen molar-refractivity contribution in [2.24, 2.45) is 5.92 Å². The van der Waals surface area contributed by atoms with Crippen LogP contribution in [0.1, 0.15) is 36.2 Å². The van der Waals surface area contributed by atoms with Gasteiger partial charge in [-0.25, -0.2) is 4.98 Å². The number of carbonyl (C=O) groups is 1. The van der Waals surface area contributed by atoms with E-state index in [1.165, 1.54) is 19.3 Å². The van der Waals surface area contributed by atoms with Gasteiger partial charge in [0.05, 0.1) is 25.3 Å². The van der Waals surface area contributed by atoms with E-state index in [-0.39, 0.29) is 5.91 Å². The maximum absolute atomic E-state index is 12.6. The lowest BCUT2D eigenvalue weighted by molar-refractivity contribution is 0.0299. The Morgan fingerprint density at radius 1 is 1.25 bits per heavy atom. The maximum Gasteiger partial charge on any atom is 0.272 e. The van der Waals surface area contributed by atoms with Crippen LogP contribution in [-0.4, -0.2) is 61.8 Å². The molecule has 1 aromatic heterocycles. The third-order valence-electron chi connectivity index (χ3n) is 5.60. The monoisotopic (exact) mass is 383 g/mol. The zero-order valence-corrected chi connectivity index (χ0v) is 16.4. The molecule has 1 atom stereocenters. The average Bonchev–Trinajstić information content (AvgIpc) is 2.77. The quantitative estimate of drug-likeness (QED) is 0.777. The molecule has 0 bridgehead atoms. The number of rotatable bonds is 6. The molecule has 0 radical (unpaired) electrons. The summed E-state index contributed by atoms with van der Waals surface area (Å²) in [6, 6.07) is 9.65. The number of nitrogens with zero attached hydrogens (tertiary/aromatic N) is 2. The summed E-state index contributed by atoms with van der Waals surface area (Å²) in [6.07, 6.45) is 4.92. The van der Waals surface area contributed by atoms with Gasteiger partial charge in [-0.3, -0.25) is 4.79 Å². The summed E-state index contributed by atoms with van der Waals surface area (Å²) in [5.41, 5.74) is 1.31. The number of ether oxygens (including phenoxy) is 2. The van der Waals surface area contributed by atoms with E-state index in [9.17, 15) is 4.79 Å². The minimum absolute atomic E-state index is 0.0253. The first-order valence-corrected chi connectivity index (χ1v) is 10.4. The van der Waals surface area contributed by atoms with E-state index in [0.717, 1.165) is 48.7 Å². The molecule has 0 aliphatic carbocycles. The molecular formula is C22H29N3O3. The van der Waals surface area contributed by atoms with E-state index in [1.807, 2.05) is 24.3 Å². The summed E-state index contributed by atoms with van der Waals surface area (Å²) in [5, 5.41) is 4.46. The zero-order chi connectivity index (χ0) is 19.2. The largest absolute Gasteiger partial charge is 0.494 e. The van der Waals surface area contributed by atoms with E-state index >= 15 is 0 Å². The van der Waals surface area contributed by atoms with E-state index in [2.05, 4.69) is 10.3 Å². The highest BCUT2D eigenvalue weighted by Crippen LogP contribution is 2.22. The predicted octanol–water partition coefficient (Wildman–Crippen LogP) is 2.87. The number of pyridine rings is 1. The average molecular weight is 383 g/mol. The number of aromatic nitrogens is 1. The van der Waals surface area contributed by atoms with Gasteiger partial charge in [-0.2, -0.15) is 0 Å². The lowest BCUT2D eigenvalue weighted by atomic mass is 9.95. The van der Waals surface area contributed by atoms with Gasteiger partial charge in [0.15, 0.2) is 0 Å². The van der Waals surface area contributed by atoms with Crippen LogP contribution in [0.4, 0.5) is 0 Å². The van der Waals surface area contributed by atoms with Gasteiger partial charge in [-0.1, -0.05) is 6.07 Å². The van der Waals surface area contributed by atoms with E-state index < -0.39 is 0 Å². The molecule has 0 spiro atoms. The Bertz CT molecular complexity index is 799. The Morgan fingerprint density at radius 2 is 2.14 bits per heavy atom. The normalized spacial score (nSPS) is 20.3. The molecule has 1 amide bonds. The van der Waals surface area contributed by atoms with Gasteiger partial charge in [-0.05, 0) is 69.0 Å². The van der Waals surface area contributed by atoms with E-state index in [0.29, 0.717) is 32.0 Å². The number of hydrogen-bond donors (Lipinski definition) is 1. The van der Waals surface area contributed by atoms with Crippen LogP contribution >= 0.6 is 0 Å². The molecule has 2 aliphatic rings. The highest BCUT2D eigenvalue weighted by Gasteiger charge is 2.19. The van der Waals surface area contributed by atoms with Gasteiger partial charge >= 0.3 is 0 Å². The second-order valence-electron chi connectivity index (χ2n) is 7.66. The van der Waals surface area contributed by atoms with Crippen molar-refractivity contribution >= 4 is 16.8 Å². The molecule has 2 aromatic rings. The number of morpholine rings is 1. The molecule has 1 aromatic carbocycles. The summed E-state index contributed by atoms with van der Waals surface area (Å²) in [5.74, 6) is 1.63. The molecule has 1 N–H and O–H groups in total. The smallest absolute Gasteiger partial charge is 0.272 e. The molecule has 3 heterocycles. The Hall–Kier alpha value is -2.18. The summed E-state index contributed by atoms with van der Waals surface area (Å²) >= 11 is 0. The number of fused-ring (bicyclic) bond motifs is 1.